The summed E-state index contributed by atoms with van der Waals surface area (Å²) in [6.45, 7) is 4.00. The summed E-state index contributed by atoms with van der Waals surface area (Å²) >= 11 is 0. The molecule has 0 unspecified atom stereocenters. The van der Waals surface area contributed by atoms with Crippen LogP contribution in [0, 0.1) is 13.8 Å². The number of rotatable bonds is 2. The molecule has 1 aromatic carbocycles. The van der Waals surface area contributed by atoms with Gasteiger partial charge < -0.3 is 11.1 Å². The Balaban J connectivity index is 2.06. The molecule has 0 aromatic heterocycles. The Hall–Kier alpha value is -1.35. The highest BCUT2D eigenvalue weighted by Gasteiger charge is 2.27. The van der Waals surface area contributed by atoms with Crippen LogP contribution in [0.2, 0.25) is 0 Å². The van der Waals surface area contributed by atoms with Gasteiger partial charge in [0.15, 0.2) is 0 Å². The molecule has 0 radical (unpaired) electrons. The van der Waals surface area contributed by atoms with Gasteiger partial charge in [-0.25, -0.2) is 0 Å². The fraction of sp³-hybridized carbons (Fsp3) is 0.462. The van der Waals surface area contributed by atoms with Gasteiger partial charge in [-0.15, -0.1) is 0 Å². The van der Waals surface area contributed by atoms with E-state index in [0.29, 0.717) is 0 Å². The summed E-state index contributed by atoms with van der Waals surface area (Å²) in [5, 5.41) is 3.01. The Morgan fingerprint density at radius 1 is 1.38 bits per heavy atom. The molecule has 0 atom stereocenters. The second kappa shape index (κ2) is 4.26. The minimum atomic E-state index is 0.0260. The Bertz CT molecular complexity index is 408. The van der Waals surface area contributed by atoms with Crippen LogP contribution in [0.4, 0.5) is 0 Å². The van der Waals surface area contributed by atoms with Gasteiger partial charge in [0.1, 0.15) is 0 Å². The lowest BCUT2D eigenvalue weighted by Crippen LogP contribution is -2.50. The fourth-order valence-corrected chi connectivity index (χ4v) is 2.04. The van der Waals surface area contributed by atoms with E-state index in [0.717, 1.165) is 29.5 Å². The molecule has 1 aromatic rings. The molecule has 1 fully saturated rings. The normalized spacial score (nSPS) is 23.7. The highest BCUT2D eigenvalue weighted by Crippen LogP contribution is 2.19. The first-order valence-electron chi connectivity index (χ1n) is 5.70. The SMILES string of the molecule is Cc1cccc(C(=O)NC2CC(N)C2)c1C. The molecule has 0 heterocycles. The van der Waals surface area contributed by atoms with E-state index in [1.807, 2.05) is 32.0 Å². The Kier molecular flexibility index (Phi) is 2.97. The zero-order chi connectivity index (χ0) is 11.7. The molecule has 3 N–H and O–H groups in total. The van der Waals surface area contributed by atoms with Crippen molar-refractivity contribution in [3.63, 3.8) is 0 Å². The van der Waals surface area contributed by atoms with Gasteiger partial charge in [0.25, 0.3) is 5.91 Å². The van der Waals surface area contributed by atoms with Crippen molar-refractivity contribution in [3.05, 3.63) is 34.9 Å². The van der Waals surface area contributed by atoms with Crippen molar-refractivity contribution >= 4 is 5.91 Å². The molecule has 0 bridgehead atoms. The van der Waals surface area contributed by atoms with Gasteiger partial charge in [-0.1, -0.05) is 12.1 Å². The molecule has 2 rings (SSSR count). The average molecular weight is 218 g/mol. The van der Waals surface area contributed by atoms with Crippen LogP contribution in [0.15, 0.2) is 18.2 Å². The number of hydrogen-bond donors (Lipinski definition) is 2. The average Bonchev–Trinajstić information content (AvgIpc) is 2.19. The first-order valence-corrected chi connectivity index (χ1v) is 5.70. The third-order valence-electron chi connectivity index (χ3n) is 3.36. The molecule has 0 saturated heterocycles. The molecule has 1 aliphatic rings. The van der Waals surface area contributed by atoms with Gasteiger partial charge in [0, 0.05) is 17.6 Å². The first-order chi connectivity index (χ1) is 7.58. The maximum Gasteiger partial charge on any atom is 0.251 e. The van der Waals surface area contributed by atoms with E-state index in [9.17, 15) is 4.79 Å². The largest absolute Gasteiger partial charge is 0.349 e. The van der Waals surface area contributed by atoms with Crippen LogP contribution in [0.3, 0.4) is 0 Å². The standard InChI is InChI=1S/C13H18N2O/c1-8-4-3-5-12(9(8)2)13(16)15-11-6-10(14)7-11/h3-5,10-11H,6-7,14H2,1-2H3,(H,15,16). The van der Waals surface area contributed by atoms with E-state index in [2.05, 4.69) is 5.32 Å². The van der Waals surface area contributed by atoms with E-state index < -0.39 is 0 Å². The van der Waals surface area contributed by atoms with Crippen molar-refractivity contribution in [2.24, 2.45) is 5.73 Å². The summed E-state index contributed by atoms with van der Waals surface area (Å²) < 4.78 is 0. The summed E-state index contributed by atoms with van der Waals surface area (Å²) in [6.07, 6.45) is 1.80. The number of nitrogens with two attached hydrogens (primary N) is 1. The second-order valence-corrected chi connectivity index (χ2v) is 4.65. The van der Waals surface area contributed by atoms with Gasteiger partial charge in [-0.2, -0.15) is 0 Å². The highest BCUT2D eigenvalue weighted by atomic mass is 16.1. The molecule has 0 aliphatic heterocycles. The molecule has 1 saturated carbocycles. The summed E-state index contributed by atoms with van der Waals surface area (Å²) in [5.74, 6) is 0.0260. The lowest BCUT2D eigenvalue weighted by atomic mass is 9.87. The third-order valence-corrected chi connectivity index (χ3v) is 3.36. The van der Waals surface area contributed by atoms with Gasteiger partial charge >= 0.3 is 0 Å². The van der Waals surface area contributed by atoms with Crippen molar-refractivity contribution in [1.82, 2.24) is 5.32 Å². The van der Waals surface area contributed by atoms with E-state index in [4.69, 9.17) is 5.73 Å². The molecule has 1 amide bonds. The number of nitrogens with one attached hydrogen (secondary N) is 1. The van der Waals surface area contributed by atoms with Crippen molar-refractivity contribution < 1.29 is 4.79 Å². The first kappa shape index (κ1) is 11.1. The van der Waals surface area contributed by atoms with E-state index in [1.165, 1.54) is 0 Å². The van der Waals surface area contributed by atoms with E-state index in [-0.39, 0.29) is 18.0 Å². The molecule has 1 aliphatic carbocycles. The zero-order valence-electron chi connectivity index (χ0n) is 9.79. The summed E-state index contributed by atoms with van der Waals surface area (Å²) in [7, 11) is 0. The number of benzene rings is 1. The van der Waals surface area contributed by atoms with Gasteiger partial charge in [0.2, 0.25) is 0 Å². The number of carbonyl (C=O) groups is 1. The third kappa shape index (κ3) is 2.09. The van der Waals surface area contributed by atoms with Crippen LogP contribution in [-0.2, 0) is 0 Å². The van der Waals surface area contributed by atoms with Crippen molar-refractivity contribution in [2.75, 3.05) is 0 Å². The van der Waals surface area contributed by atoms with Crippen LogP contribution in [-0.4, -0.2) is 18.0 Å². The molecule has 86 valence electrons. The number of amides is 1. The molecule has 0 spiro atoms. The van der Waals surface area contributed by atoms with E-state index >= 15 is 0 Å². The van der Waals surface area contributed by atoms with Gasteiger partial charge in [-0.3, -0.25) is 4.79 Å². The number of hydrogen-bond acceptors (Lipinski definition) is 2. The van der Waals surface area contributed by atoms with Gasteiger partial charge in [0.05, 0.1) is 0 Å². The van der Waals surface area contributed by atoms with Crippen LogP contribution < -0.4 is 11.1 Å². The monoisotopic (exact) mass is 218 g/mol. The maximum atomic E-state index is 12.0. The van der Waals surface area contributed by atoms with Gasteiger partial charge in [-0.05, 0) is 43.9 Å². The number of carbonyl (C=O) groups excluding carboxylic acids is 1. The molecule has 3 heteroatoms. The molecule has 16 heavy (non-hydrogen) atoms. The topological polar surface area (TPSA) is 55.1 Å². The highest BCUT2D eigenvalue weighted by molar-refractivity contribution is 5.96. The minimum Gasteiger partial charge on any atom is -0.349 e. The van der Waals surface area contributed by atoms with Crippen LogP contribution in [0.1, 0.15) is 34.3 Å². The predicted molar refractivity (Wildman–Crippen MR) is 64.4 cm³/mol. The summed E-state index contributed by atoms with van der Waals surface area (Å²) in [6, 6.07) is 6.34. The van der Waals surface area contributed by atoms with Crippen LogP contribution >= 0.6 is 0 Å². The van der Waals surface area contributed by atoms with Crippen LogP contribution in [0.5, 0.6) is 0 Å². The second-order valence-electron chi connectivity index (χ2n) is 4.65. The molecule has 3 nitrogen and oxygen atoms in total. The smallest absolute Gasteiger partial charge is 0.251 e. The van der Waals surface area contributed by atoms with Crippen molar-refractivity contribution in [3.8, 4) is 0 Å². The Morgan fingerprint density at radius 2 is 2.06 bits per heavy atom. The fourth-order valence-electron chi connectivity index (χ4n) is 2.04. The minimum absolute atomic E-state index is 0.0260. The van der Waals surface area contributed by atoms with Crippen molar-refractivity contribution in [1.29, 1.82) is 0 Å². The van der Waals surface area contributed by atoms with E-state index in [1.54, 1.807) is 0 Å². The molecular weight excluding hydrogens is 200 g/mol. The number of aryl methyl sites for hydroxylation is 1. The summed E-state index contributed by atoms with van der Waals surface area (Å²) in [4.78, 5) is 12.0. The quantitative estimate of drug-likeness (QED) is 0.790. The Morgan fingerprint density at radius 3 is 2.69 bits per heavy atom. The van der Waals surface area contributed by atoms with Crippen molar-refractivity contribution in [2.45, 2.75) is 38.8 Å². The lowest BCUT2D eigenvalue weighted by molar-refractivity contribution is 0.0909. The molecular formula is C13H18N2O. The predicted octanol–water partition coefficient (Wildman–Crippen LogP) is 1.52. The summed E-state index contributed by atoms with van der Waals surface area (Å²) in [5.41, 5.74) is 8.67. The lowest BCUT2D eigenvalue weighted by Gasteiger charge is -2.33. The van der Waals surface area contributed by atoms with Crippen LogP contribution in [0.25, 0.3) is 0 Å². The zero-order valence-corrected chi connectivity index (χ0v) is 9.79. The maximum absolute atomic E-state index is 12.0. The Labute approximate surface area is 96.0 Å².